The van der Waals surface area contributed by atoms with Gasteiger partial charge in [0.25, 0.3) is 11.8 Å². The second-order valence-corrected chi connectivity index (χ2v) is 20.1. The molecule has 3 saturated heterocycles. The highest BCUT2D eigenvalue weighted by atomic mass is 16.5. The first-order valence-electron chi connectivity index (χ1n) is 23.4. The van der Waals surface area contributed by atoms with Gasteiger partial charge in [-0.3, -0.25) is 19.2 Å². The summed E-state index contributed by atoms with van der Waals surface area (Å²) >= 11 is 0. The van der Waals surface area contributed by atoms with Crippen molar-refractivity contribution in [3.05, 3.63) is 130 Å². The number of carbonyl (C=O) groups is 4. The van der Waals surface area contributed by atoms with Crippen LogP contribution in [0.25, 0.3) is 0 Å². The predicted molar refractivity (Wildman–Crippen MR) is 257 cm³/mol. The number of benzene rings is 4. The minimum Gasteiger partial charge on any atom is -0.515 e. The Kier molecular flexibility index (Phi) is 14.6. The summed E-state index contributed by atoms with van der Waals surface area (Å²) < 4.78 is 28.6. The van der Waals surface area contributed by atoms with Gasteiger partial charge in [0.2, 0.25) is 0 Å². The number of rotatable bonds is 4. The molecule has 67 heavy (non-hydrogen) atoms. The van der Waals surface area contributed by atoms with Gasteiger partial charge in [0, 0.05) is 76.2 Å². The van der Waals surface area contributed by atoms with Crippen molar-refractivity contribution < 1.29 is 48.0 Å². The standard InChI is InChI=1S/C26H29NO5.C25H29NO4.C4H8O/c1-25(2,3)19-10-9-17(15-22(19)31-4)24(30)27-13-11-26(12-14-27)20(16-28)23(29)18-7-5-6-8-21(18)32-26;1-24(2,3)19-10-9-17(15-22(19)29-4)23(28)26-13-11-25(12-14-26)16-20(27)18-7-5-6-8-21(18)30-25;1-2-4-5-3-1/h5-10,15-16,28H,11-14H2,1-4H3;5-10,15H,11-14,16H2,1-4H3;1-4H2/b20-16+;;. The number of fused-ring (bicyclic) bond motifs is 2. The molecule has 0 atom stereocenters. The van der Waals surface area contributed by atoms with Crippen LogP contribution in [0.15, 0.2) is 96.8 Å². The summed E-state index contributed by atoms with van der Waals surface area (Å²) in [5, 5.41) is 9.85. The van der Waals surface area contributed by atoms with Crippen LogP contribution < -0.4 is 18.9 Å². The lowest BCUT2D eigenvalue weighted by atomic mass is 9.78. The second-order valence-electron chi connectivity index (χ2n) is 20.1. The molecule has 2 amide bonds. The van der Waals surface area contributed by atoms with Crippen molar-refractivity contribution in [3.63, 3.8) is 0 Å². The summed E-state index contributed by atoms with van der Waals surface area (Å²) in [6.07, 6.45) is 5.93. The molecule has 2 spiro atoms. The molecule has 5 aliphatic rings. The van der Waals surface area contributed by atoms with Gasteiger partial charge in [0.1, 0.15) is 34.2 Å². The Hall–Kier alpha value is -6.14. The number of amides is 2. The molecule has 4 aromatic rings. The molecular formula is C55H66N2O10. The first-order valence-corrected chi connectivity index (χ1v) is 23.4. The van der Waals surface area contributed by atoms with E-state index < -0.39 is 11.2 Å². The Labute approximate surface area is 395 Å². The highest BCUT2D eigenvalue weighted by Gasteiger charge is 2.48. The fourth-order valence-corrected chi connectivity index (χ4v) is 9.58. The van der Waals surface area contributed by atoms with Crippen molar-refractivity contribution in [2.24, 2.45) is 0 Å². The van der Waals surface area contributed by atoms with Gasteiger partial charge in [-0.05, 0) is 83.3 Å². The smallest absolute Gasteiger partial charge is 0.253 e. The molecule has 4 aromatic carbocycles. The lowest BCUT2D eigenvalue weighted by molar-refractivity contribution is -0.00577. The topological polar surface area (TPSA) is 141 Å². The third kappa shape index (κ3) is 10.5. The summed E-state index contributed by atoms with van der Waals surface area (Å²) in [6, 6.07) is 25.8. The summed E-state index contributed by atoms with van der Waals surface area (Å²) in [4.78, 5) is 55.5. The molecule has 9 rings (SSSR count). The Morgan fingerprint density at radius 3 is 1.55 bits per heavy atom. The number of ether oxygens (including phenoxy) is 5. The third-order valence-electron chi connectivity index (χ3n) is 13.5. The third-order valence-corrected chi connectivity index (χ3v) is 13.5. The van der Waals surface area contributed by atoms with Gasteiger partial charge in [-0.1, -0.05) is 77.9 Å². The van der Waals surface area contributed by atoms with Crippen molar-refractivity contribution in [2.45, 2.75) is 109 Å². The molecule has 12 nitrogen and oxygen atoms in total. The Morgan fingerprint density at radius 1 is 0.642 bits per heavy atom. The average molecular weight is 915 g/mol. The van der Waals surface area contributed by atoms with E-state index in [0.717, 1.165) is 36.4 Å². The number of piperidine rings is 2. The number of para-hydroxylation sites is 2. The monoisotopic (exact) mass is 914 g/mol. The van der Waals surface area contributed by atoms with Crippen LogP contribution in [0.2, 0.25) is 0 Å². The van der Waals surface area contributed by atoms with Crippen LogP contribution in [0, 0.1) is 0 Å². The molecule has 12 heteroatoms. The summed E-state index contributed by atoms with van der Waals surface area (Å²) in [7, 11) is 3.25. The molecule has 356 valence electrons. The number of aliphatic hydroxyl groups is 1. The molecule has 0 aromatic heterocycles. The summed E-state index contributed by atoms with van der Waals surface area (Å²) in [6.45, 7) is 16.6. The number of aliphatic hydroxyl groups excluding tert-OH is 1. The zero-order valence-electron chi connectivity index (χ0n) is 40.4. The van der Waals surface area contributed by atoms with Crippen LogP contribution in [0.3, 0.4) is 0 Å². The molecule has 1 N–H and O–H groups in total. The fraction of sp³-hybridized carbons (Fsp3) is 0.455. The Morgan fingerprint density at radius 2 is 1.10 bits per heavy atom. The van der Waals surface area contributed by atoms with Gasteiger partial charge in [0.05, 0.1) is 43.6 Å². The number of Topliss-reactive ketones (excluding diaryl/α,β-unsaturated/α-hetero) is 2. The Bertz CT molecular complexity index is 2480. The number of ketones is 2. The number of likely N-dealkylation sites (tertiary alicyclic amines) is 2. The highest BCUT2D eigenvalue weighted by Crippen LogP contribution is 2.44. The van der Waals surface area contributed by atoms with Crippen LogP contribution in [0.5, 0.6) is 23.0 Å². The summed E-state index contributed by atoms with van der Waals surface area (Å²) in [5.74, 6) is 2.42. The molecule has 5 aliphatic heterocycles. The van der Waals surface area contributed by atoms with Crippen molar-refractivity contribution >= 4 is 23.4 Å². The molecule has 3 fully saturated rings. The van der Waals surface area contributed by atoms with Gasteiger partial charge in [0.15, 0.2) is 11.6 Å². The van der Waals surface area contributed by atoms with E-state index in [2.05, 4.69) is 41.5 Å². The largest absolute Gasteiger partial charge is 0.515 e. The van der Waals surface area contributed by atoms with Crippen molar-refractivity contribution in [2.75, 3.05) is 53.6 Å². The van der Waals surface area contributed by atoms with Gasteiger partial charge >= 0.3 is 0 Å². The van der Waals surface area contributed by atoms with E-state index >= 15 is 0 Å². The zero-order chi connectivity index (χ0) is 48.1. The van der Waals surface area contributed by atoms with E-state index in [1.807, 2.05) is 65.6 Å². The Balaban J connectivity index is 0.000000180. The number of hydrogen-bond acceptors (Lipinski definition) is 10. The predicted octanol–water partition coefficient (Wildman–Crippen LogP) is 10.1. The quantitative estimate of drug-likeness (QED) is 0.155. The lowest BCUT2D eigenvalue weighted by Gasteiger charge is -2.44. The van der Waals surface area contributed by atoms with Crippen molar-refractivity contribution in [3.8, 4) is 23.0 Å². The van der Waals surface area contributed by atoms with E-state index in [-0.39, 0.29) is 39.8 Å². The van der Waals surface area contributed by atoms with Gasteiger partial charge in [-0.15, -0.1) is 0 Å². The van der Waals surface area contributed by atoms with Crippen molar-refractivity contribution in [1.82, 2.24) is 9.80 Å². The second kappa shape index (κ2) is 20.0. The lowest BCUT2D eigenvalue weighted by Crippen LogP contribution is -2.53. The number of nitrogens with zero attached hydrogens (tertiary/aromatic N) is 2. The van der Waals surface area contributed by atoms with Crippen LogP contribution in [0.1, 0.15) is 139 Å². The van der Waals surface area contributed by atoms with E-state index in [9.17, 15) is 24.3 Å². The summed E-state index contributed by atoms with van der Waals surface area (Å²) in [5.41, 5.74) is 3.07. The van der Waals surface area contributed by atoms with Crippen LogP contribution in [0.4, 0.5) is 0 Å². The van der Waals surface area contributed by atoms with Crippen LogP contribution in [-0.4, -0.2) is 103 Å². The maximum atomic E-state index is 13.2. The zero-order valence-corrected chi connectivity index (χ0v) is 40.4. The first-order chi connectivity index (χ1) is 31.9. The van der Waals surface area contributed by atoms with E-state index in [1.54, 1.807) is 43.4 Å². The number of hydrogen-bond donors (Lipinski definition) is 1. The molecule has 0 bridgehead atoms. The molecule has 0 saturated carbocycles. The van der Waals surface area contributed by atoms with Crippen molar-refractivity contribution in [1.29, 1.82) is 0 Å². The van der Waals surface area contributed by atoms with E-state index in [1.165, 1.54) is 12.8 Å². The molecule has 5 heterocycles. The van der Waals surface area contributed by atoms with Crippen LogP contribution >= 0.6 is 0 Å². The van der Waals surface area contributed by atoms with Gasteiger partial charge < -0.3 is 38.6 Å². The van der Waals surface area contributed by atoms with E-state index in [0.29, 0.717) is 97.8 Å². The molecule has 0 unspecified atom stereocenters. The maximum Gasteiger partial charge on any atom is 0.253 e. The fourth-order valence-electron chi connectivity index (χ4n) is 9.58. The average Bonchev–Trinajstić information content (AvgIpc) is 3.92. The van der Waals surface area contributed by atoms with Gasteiger partial charge in [-0.25, -0.2) is 0 Å². The minimum atomic E-state index is -0.926. The van der Waals surface area contributed by atoms with Gasteiger partial charge in [-0.2, -0.15) is 0 Å². The van der Waals surface area contributed by atoms with Crippen LogP contribution in [-0.2, 0) is 15.6 Å². The molecule has 0 aliphatic carbocycles. The minimum absolute atomic E-state index is 0.00820. The van der Waals surface area contributed by atoms with E-state index in [4.69, 9.17) is 23.7 Å². The highest BCUT2D eigenvalue weighted by molar-refractivity contribution is 6.12. The SMILES string of the molecule is C1CCOC1.COc1cc(C(=O)N2CCC3(CC2)CC(=O)c2ccccc2O3)ccc1C(C)(C)C.COc1cc(C(=O)N2CCC3(CC2)Oc2ccccc2C(=O)/C3=C\O)ccc1C(C)(C)C. The first kappa shape index (κ1) is 48.8. The molecule has 0 radical (unpaired) electrons. The number of carbonyl (C=O) groups excluding carboxylic acids is 4. The molecular weight excluding hydrogens is 849 g/mol. The maximum absolute atomic E-state index is 13.2. The number of methoxy groups -OCH3 is 2. The normalized spacial score (nSPS) is 18.9.